The predicted octanol–water partition coefficient (Wildman–Crippen LogP) is 2.61. The molecule has 1 aromatic carbocycles. The van der Waals surface area contributed by atoms with Gasteiger partial charge in [0.2, 0.25) is 0 Å². The zero-order valence-corrected chi connectivity index (χ0v) is 12.4. The molecule has 2 atom stereocenters. The van der Waals surface area contributed by atoms with Crippen LogP contribution >= 0.6 is 15.9 Å². The van der Waals surface area contributed by atoms with E-state index in [0.717, 1.165) is 25.7 Å². The summed E-state index contributed by atoms with van der Waals surface area (Å²) in [6, 6.07) is 1.60. The molecule has 4 N–H and O–H groups in total. The van der Waals surface area contributed by atoms with Crippen LogP contribution in [0.5, 0.6) is 5.75 Å². The molecule has 0 bridgehead atoms. The third-order valence-corrected chi connectivity index (χ3v) is 4.50. The van der Waals surface area contributed by atoms with Gasteiger partial charge in [0.25, 0.3) is 5.69 Å². The van der Waals surface area contributed by atoms with Gasteiger partial charge in [-0.05, 0) is 34.7 Å². The molecule has 20 heavy (non-hydrogen) atoms. The fraction of sp³-hybridized carbons (Fsp3) is 0.538. The first-order valence-electron chi connectivity index (χ1n) is 6.52. The van der Waals surface area contributed by atoms with Gasteiger partial charge in [-0.2, -0.15) is 0 Å². The molecule has 1 aliphatic carbocycles. The maximum atomic E-state index is 10.9. The van der Waals surface area contributed by atoms with Crippen molar-refractivity contribution in [2.24, 2.45) is 11.7 Å². The second-order valence-corrected chi connectivity index (χ2v) is 6.04. The van der Waals surface area contributed by atoms with E-state index in [2.05, 4.69) is 15.9 Å². The van der Waals surface area contributed by atoms with Crippen LogP contribution in [0.25, 0.3) is 0 Å². The van der Waals surface area contributed by atoms with Crippen molar-refractivity contribution in [1.29, 1.82) is 0 Å². The Morgan fingerprint density at radius 2 is 2.00 bits per heavy atom. The number of nitrogens with zero attached hydrogens (tertiary/aromatic N) is 1. The first-order valence-corrected chi connectivity index (χ1v) is 7.31. The third kappa shape index (κ3) is 2.94. The molecule has 110 valence electrons. The van der Waals surface area contributed by atoms with Crippen LogP contribution in [0.1, 0.15) is 37.3 Å². The summed E-state index contributed by atoms with van der Waals surface area (Å²) in [6.45, 7) is 0. The number of nitro groups is 1. The van der Waals surface area contributed by atoms with Gasteiger partial charge in [0.15, 0.2) is 0 Å². The second-order valence-electron chi connectivity index (χ2n) is 5.18. The molecular weight excluding hydrogens is 328 g/mol. The summed E-state index contributed by atoms with van der Waals surface area (Å²) in [5.74, 6) is -0.0671. The van der Waals surface area contributed by atoms with E-state index in [9.17, 15) is 20.3 Å². The Morgan fingerprint density at radius 1 is 1.40 bits per heavy atom. The highest BCUT2D eigenvalue weighted by Crippen LogP contribution is 2.39. The number of phenolic OH excluding ortho intramolecular Hbond substituents is 1. The average Bonchev–Trinajstić information content (AvgIpc) is 2.93. The molecule has 2 rings (SSSR count). The van der Waals surface area contributed by atoms with Crippen LogP contribution in [-0.4, -0.2) is 21.2 Å². The zero-order valence-electron chi connectivity index (χ0n) is 10.8. The van der Waals surface area contributed by atoms with Crippen LogP contribution in [0.2, 0.25) is 0 Å². The Labute approximate surface area is 124 Å². The molecule has 0 unspecified atom stereocenters. The molecule has 0 saturated heterocycles. The van der Waals surface area contributed by atoms with Crippen molar-refractivity contribution in [3.05, 3.63) is 32.3 Å². The molecule has 1 saturated carbocycles. The van der Waals surface area contributed by atoms with E-state index < -0.39 is 17.1 Å². The van der Waals surface area contributed by atoms with Gasteiger partial charge in [-0.1, -0.05) is 12.8 Å². The molecule has 0 aromatic heterocycles. The quantitative estimate of drug-likeness (QED) is 0.574. The predicted molar refractivity (Wildman–Crippen MR) is 77.4 cm³/mol. The number of rotatable bonds is 4. The summed E-state index contributed by atoms with van der Waals surface area (Å²) in [4.78, 5) is 10.3. The SMILES string of the molecule is N[C@@H](c1cc([N+](=O)[O-])cc(Br)c1O)[C@H](O)C1CCCC1. The van der Waals surface area contributed by atoms with Gasteiger partial charge in [0.05, 0.1) is 21.5 Å². The van der Waals surface area contributed by atoms with Gasteiger partial charge in [-0.3, -0.25) is 10.1 Å². The molecule has 1 aliphatic rings. The molecule has 1 aromatic rings. The lowest BCUT2D eigenvalue weighted by molar-refractivity contribution is -0.385. The Bertz CT molecular complexity index is 517. The average molecular weight is 345 g/mol. The molecule has 0 radical (unpaired) electrons. The van der Waals surface area contributed by atoms with Crippen molar-refractivity contribution >= 4 is 21.6 Å². The lowest BCUT2D eigenvalue weighted by atomic mass is 9.90. The zero-order chi connectivity index (χ0) is 14.9. The summed E-state index contributed by atoms with van der Waals surface area (Å²) >= 11 is 3.07. The van der Waals surface area contributed by atoms with E-state index in [1.165, 1.54) is 12.1 Å². The molecule has 0 spiro atoms. The van der Waals surface area contributed by atoms with Crippen LogP contribution < -0.4 is 5.73 Å². The Kier molecular flexibility index (Phi) is 4.62. The number of aromatic hydroxyl groups is 1. The minimum atomic E-state index is -0.839. The first-order chi connectivity index (χ1) is 9.41. The number of halogens is 1. The highest BCUT2D eigenvalue weighted by Gasteiger charge is 2.31. The Hall–Kier alpha value is -1.18. The fourth-order valence-electron chi connectivity index (χ4n) is 2.74. The van der Waals surface area contributed by atoms with Crippen LogP contribution in [0, 0.1) is 16.0 Å². The van der Waals surface area contributed by atoms with Crippen molar-refractivity contribution < 1.29 is 15.1 Å². The number of hydrogen-bond donors (Lipinski definition) is 3. The monoisotopic (exact) mass is 344 g/mol. The van der Waals surface area contributed by atoms with Crippen molar-refractivity contribution in [3.8, 4) is 5.75 Å². The summed E-state index contributed by atoms with van der Waals surface area (Å²) in [6.07, 6.45) is 3.09. The molecule has 6 nitrogen and oxygen atoms in total. The number of hydrogen-bond acceptors (Lipinski definition) is 5. The highest BCUT2D eigenvalue weighted by atomic mass is 79.9. The minimum Gasteiger partial charge on any atom is -0.506 e. The number of benzene rings is 1. The van der Waals surface area contributed by atoms with Crippen LogP contribution in [0.3, 0.4) is 0 Å². The van der Waals surface area contributed by atoms with Crippen LogP contribution in [0.4, 0.5) is 5.69 Å². The van der Waals surface area contributed by atoms with E-state index in [1.54, 1.807) is 0 Å². The number of non-ortho nitro benzene ring substituents is 1. The molecule has 0 heterocycles. The number of nitrogens with two attached hydrogens (primary N) is 1. The lowest BCUT2D eigenvalue weighted by Crippen LogP contribution is -2.32. The van der Waals surface area contributed by atoms with E-state index in [0.29, 0.717) is 0 Å². The van der Waals surface area contributed by atoms with Gasteiger partial charge < -0.3 is 15.9 Å². The number of aliphatic hydroxyl groups excluding tert-OH is 1. The number of phenols is 1. The molecule has 7 heteroatoms. The van der Waals surface area contributed by atoms with Crippen molar-refractivity contribution in [3.63, 3.8) is 0 Å². The second kappa shape index (κ2) is 6.07. The number of nitro benzene ring substituents is 1. The number of aliphatic hydroxyl groups is 1. The first kappa shape index (κ1) is 15.2. The van der Waals surface area contributed by atoms with E-state index >= 15 is 0 Å². The largest absolute Gasteiger partial charge is 0.506 e. The van der Waals surface area contributed by atoms with Crippen molar-refractivity contribution in [2.75, 3.05) is 0 Å². The van der Waals surface area contributed by atoms with Gasteiger partial charge in [0, 0.05) is 17.7 Å². The maximum absolute atomic E-state index is 10.9. The summed E-state index contributed by atoms with van der Waals surface area (Å²) in [5, 5.41) is 31.2. The normalized spacial score (nSPS) is 18.9. The van der Waals surface area contributed by atoms with Gasteiger partial charge in [0.1, 0.15) is 5.75 Å². The molecule has 1 fully saturated rings. The third-order valence-electron chi connectivity index (χ3n) is 3.90. The van der Waals surface area contributed by atoms with Crippen LogP contribution in [0.15, 0.2) is 16.6 Å². The highest BCUT2D eigenvalue weighted by molar-refractivity contribution is 9.10. The lowest BCUT2D eigenvalue weighted by Gasteiger charge is -2.25. The molecule has 0 amide bonds. The van der Waals surface area contributed by atoms with E-state index in [1.807, 2.05) is 0 Å². The van der Waals surface area contributed by atoms with Crippen molar-refractivity contribution in [2.45, 2.75) is 37.8 Å². The smallest absolute Gasteiger partial charge is 0.271 e. The summed E-state index contributed by atoms with van der Waals surface area (Å²) < 4.78 is 0.204. The van der Waals surface area contributed by atoms with E-state index in [4.69, 9.17) is 5.73 Å². The summed E-state index contributed by atoms with van der Waals surface area (Å²) in [5.41, 5.74) is 6.04. The molecule has 0 aliphatic heterocycles. The van der Waals surface area contributed by atoms with Gasteiger partial charge in [-0.25, -0.2) is 0 Å². The topological polar surface area (TPSA) is 110 Å². The van der Waals surface area contributed by atoms with Crippen LogP contribution in [-0.2, 0) is 0 Å². The maximum Gasteiger partial charge on any atom is 0.271 e. The van der Waals surface area contributed by atoms with Gasteiger partial charge >= 0.3 is 0 Å². The Balaban J connectivity index is 2.32. The molecular formula is C13H17BrN2O4. The van der Waals surface area contributed by atoms with E-state index in [-0.39, 0.29) is 27.4 Å². The van der Waals surface area contributed by atoms with Crippen molar-refractivity contribution in [1.82, 2.24) is 0 Å². The van der Waals surface area contributed by atoms with Gasteiger partial charge in [-0.15, -0.1) is 0 Å². The summed E-state index contributed by atoms with van der Waals surface area (Å²) in [7, 11) is 0. The minimum absolute atomic E-state index is 0.0856. The fourth-order valence-corrected chi connectivity index (χ4v) is 3.20. The standard InChI is InChI=1S/C13H17BrN2O4/c14-10-6-8(16(19)20)5-9(13(10)18)11(15)12(17)7-3-1-2-4-7/h5-7,11-12,17-18H,1-4,15H2/t11-,12+/m0/s1. The Morgan fingerprint density at radius 3 is 2.55 bits per heavy atom.